The minimum absolute atomic E-state index is 0.0895. The van der Waals surface area contributed by atoms with Crippen LogP contribution in [0.25, 0.3) is 0 Å². The Hall–Kier alpha value is -4.19. The zero-order valence-electron chi connectivity index (χ0n) is 54.4. The Bertz CT molecular complexity index is 1700. The normalized spacial score (nSPS) is 12.9. The van der Waals surface area contributed by atoms with Crippen molar-refractivity contribution in [2.45, 2.75) is 335 Å². The summed E-state index contributed by atoms with van der Waals surface area (Å²) in [6.45, 7) is 6.45. The molecular weight excluding hydrogens is 1020 g/mol. The van der Waals surface area contributed by atoms with E-state index < -0.39 is 6.10 Å². The summed E-state index contributed by atoms with van der Waals surface area (Å²) in [5.74, 6) is -0.910. The number of hydrogen-bond donors (Lipinski definition) is 0. The van der Waals surface area contributed by atoms with Crippen LogP contribution in [0.1, 0.15) is 329 Å². The Morgan fingerprint density at radius 3 is 0.783 bits per heavy atom. The van der Waals surface area contributed by atoms with Gasteiger partial charge in [0.05, 0.1) is 0 Å². The first-order chi connectivity index (χ1) is 41.0. The summed E-state index contributed by atoms with van der Waals surface area (Å²) in [5, 5.41) is 0. The molecule has 0 saturated carbocycles. The lowest BCUT2D eigenvalue weighted by atomic mass is 10.0. The molecule has 0 saturated heterocycles. The molecule has 0 aliphatic carbocycles. The van der Waals surface area contributed by atoms with Crippen LogP contribution in [0.3, 0.4) is 0 Å². The van der Waals surface area contributed by atoms with Gasteiger partial charge in [0.15, 0.2) is 6.10 Å². The molecule has 1 atom stereocenters. The van der Waals surface area contributed by atoms with E-state index in [0.29, 0.717) is 19.3 Å². The Kier molecular flexibility index (Phi) is 66.7. The van der Waals surface area contributed by atoms with Crippen molar-refractivity contribution in [3.63, 3.8) is 0 Å². The maximum atomic E-state index is 13.0. The number of rotatable bonds is 63. The third-order valence-corrected chi connectivity index (χ3v) is 14.9. The second kappa shape index (κ2) is 70.3. The van der Waals surface area contributed by atoms with E-state index in [4.69, 9.17) is 14.2 Å². The molecule has 0 aliphatic rings. The van der Waals surface area contributed by atoms with Crippen LogP contribution in [0.2, 0.25) is 0 Å². The van der Waals surface area contributed by atoms with Gasteiger partial charge in [-0.05, 0) is 128 Å². The van der Waals surface area contributed by atoms with E-state index in [1.54, 1.807) is 0 Å². The van der Waals surface area contributed by atoms with Crippen molar-refractivity contribution >= 4 is 17.9 Å². The van der Waals surface area contributed by atoms with Crippen LogP contribution < -0.4 is 0 Å². The van der Waals surface area contributed by atoms with Crippen LogP contribution in [0.5, 0.6) is 0 Å². The first-order valence-electron chi connectivity index (χ1n) is 35.0. The molecule has 0 spiro atoms. The van der Waals surface area contributed by atoms with Gasteiger partial charge < -0.3 is 14.2 Å². The van der Waals surface area contributed by atoms with Gasteiger partial charge >= 0.3 is 17.9 Å². The number of esters is 3. The Labute approximate surface area is 513 Å². The largest absolute Gasteiger partial charge is 0.462 e. The molecule has 0 aliphatic heterocycles. The second-order valence-corrected chi connectivity index (χ2v) is 23.1. The van der Waals surface area contributed by atoms with Gasteiger partial charge in [-0.1, -0.05) is 303 Å². The molecule has 0 rings (SSSR count). The average molecular weight is 1150 g/mol. The first-order valence-corrected chi connectivity index (χ1v) is 35.0. The fraction of sp³-hybridized carbons (Fsp3) is 0.701. The standard InChI is InChI=1S/C77H130O6/c1-4-7-10-13-16-19-22-25-27-29-31-33-35-37-38-40-41-43-45-47-49-52-55-58-61-64-67-70-76(79)82-73-74(72-81-75(78)69-66-63-60-57-54-51-24-21-18-15-12-9-6-3)83-77(80)71-68-65-62-59-56-53-50-48-46-44-42-39-36-34-32-30-28-26-23-20-17-14-11-8-5-2/h8,11-12,15,17,20-22,24-26,28-29,31-32,34,39,42,46,48,74H,4-7,9-10,13-14,16,18-19,23,27,30,33,35-38,40-41,43-45,47,49-73H2,1-3H3/b11-8-,15-12-,20-17-,24-21-,25-22-,28-26-,31-29-,34-32-,42-39-,48-46-. The smallest absolute Gasteiger partial charge is 0.306 e. The molecule has 0 fully saturated rings. The minimum Gasteiger partial charge on any atom is -0.462 e. The summed E-state index contributed by atoms with van der Waals surface area (Å²) in [7, 11) is 0. The molecular formula is C77H130O6. The van der Waals surface area contributed by atoms with Crippen LogP contribution in [-0.4, -0.2) is 37.2 Å². The van der Waals surface area contributed by atoms with Crippen molar-refractivity contribution in [3.05, 3.63) is 122 Å². The lowest BCUT2D eigenvalue weighted by Crippen LogP contribution is -2.30. The van der Waals surface area contributed by atoms with Crippen LogP contribution in [0.15, 0.2) is 122 Å². The summed E-state index contributed by atoms with van der Waals surface area (Å²) < 4.78 is 17.0. The molecule has 6 nitrogen and oxygen atoms in total. The van der Waals surface area contributed by atoms with Crippen LogP contribution in [0.4, 0.5) is 0 Å². The third kappa shape index (κ3) is 68.5. The highest BCUT2D eigenvalue weighted by molar-refractivity contribution is 5.71. The van der Waals surface area contributed by atoms with E-state index in [9.17, 15) is 14.4 Å². The van der Waals surface area contributed by atoms with Gasteiger partial charge in [-0.2, -0.15) is 0 Å². The average Bonchev–Trinajstić information content (AvgIpc) is 3.49. The fourth-order valence-electron chi connectivity index (χ4n) is 9.69. The van der Waals surface area contributed by atoms with E-state index in [0.717, 1.165) is 148 Å². The molecule has 0 aromatic carbocycles. The molecule has 0 amide bonds. The first kappa shape index (κ1) is 78.8. The van der Waals surface area contributed by atoms with Gasteiger partial charge in [-0.3, -0.25) is 14.4 Å². The van der Waals surface area contributed by atoms with Crippen LogP contribution in [-0.2, 0) is 28.6 Å². The van der Waals surface area contributed by atoms with Gasteiger partial charge in [-0.15, -0.1) is 0 Å². The minimum atomic E-state index is -0.797. The number of carbonyl (C=O) groups is 3. The number of ether oxygens (including phenoxy) is 3. The number of allylic oxidation sites excluding steroid dienone is 20. The molecule has 6 heteroatoms. The molecule has 0 heterocycles. The van der Waals surface area contributed by atoms with E-state index in [2.05, 4.69) is 142 Å². The van der Waals surface area contributed by atoms with Gasteiger partial charge in [0, 0.05) is 19.3 Å². The Balaban J connectivity index is 4.32. The maximum Gasteiger partial charge on any atom is 0.306 e. The van der Waals surface area contributed by atoms with Crippen molar-refractivity contribution in [3.8, 4) is 0 Å². The van der Waals surface area contributed by atoms with Crippen molar-refractivity contribution in [1.29, 1.82) is 0 Å². The summed E-state index contributed by atoms with van der Waals surface area (Å²) in [6, 6.07) is 0. The van der Waals surface area contributed by atoms with Crippen LogP contribution in [0, 0.1) is 0 Å². The summed E-state index contributed by atoms with van der Waals surface area (Å²) in [6.07, 6.45) is 97.9. The Morgan fingerprint density at radius 2 is 0.494 bits per heavy atom. The van der Waals surface area contributed by atoms with Crippen molar-refractivity contribution < 1.29 is 28.6 Å². The summed E-state index contributed by atoms with van der Waals surface area (Å²) in [4.78, 5) is 38.4. The summed E-state index contributed by atoms with van der Waals surface area (Å²) >= 11 is 0. The van der Waals surface area contributed by atoms with Gasteiger partial charge in [0.1, 0.15) is 13.2 Å². The predicted octanol–water partition coefficient (Wildman–Crippen LogP) is 24.3. The quantitative estimate of drug-likeness (QED) is 0.0261. The second-order valence-electron chi connectivity index (χ2n) is 23.1. The van der Waals surface area contributed by atoms with E-state index in [1.165, 1.54) is 141 Å². The molecule has 0 bridgehead atoms. The summed E-state index contributed by atoms with van der Waals surface area (Å²) in [5.41, 5.74) is 0. The SMILES string of the molecule is CC/C=C\C/C=C\C/C=C\C/C=C\C/C=C\C/C=C\CCCCCCCCC(=O)OC(COC(=O)CCCCCCC/C=C\C/C=C\CCC)COC(=O)CCCCCCCCCCCCCCCCC/C=C\C/C=C\CCCCCCC. The lowest BCUT2D eigenvalue weighted by Gasteiger charge is -2.18. The highest BCUT2D eigenvalue weighted by Crippen LogP contribution is 2.17. The van der Waals surface area contributed by atoms with Gasteiger partial charge in [0.25, 0.3) is 0 Å². The predicted molar refractivity (Wildman–Crippen MR) is 362 cm³/mol. The molecule has 0 radical (unpaired) electrons. The number of unbranched alkanes of at least 4 members (excludes halogenated alkanes) is 32. The zero-order chi connectivity index (χ0) is 59.9. The van der Waals surface area contributed by atoms with Gasteiger partial charge in [-0.25, -0.2) is 0 Å². The lowest BCUT2D eigenvalue weighted by molar-refractivity contribution is -0.167. The topological polar surface area (TPSA) is 78.9 Å². The van der Waals surface area contributed by atoms with Crippen molar-refractivity contribution in [2.75, 3.05) is 13.2 Å². The fourth-order valence-corrected chi connectivity index (χ4v) is 9.69. The highest BCUT2D eigenvalue weighted by atomic mass is 16.6. The third-order valence-electron chi connectivity index (χ3n) is 14.9. The van der Waals surface area contributed by atoms with E-state index in [-0.39, 0.29) is 31.1 Å². The molecule has 1 unspecified atom stereocenters. The number of hydrogen-bond acceptors (Lipinski definition) is 6. The molecule has 83 heavy (non-hydrogen) atoms. The van der Waals surface area contributed by atoms with Crippen molar-refractivity contribution in [1.82, 2.24) is 0 Å². The Morgan fingerprint density at radius 1 is 0.253 bits per heavy atom. The molecule has 474 valence electrons. The number of carbonyl (C=O) groups excluding carboxylic acids is 3. The monoisotopic (exact) mass is 1150 g/mol. The van der Waals surface area contributed by atoms with Crippen molar-refractivity contribution in [2.24, 2.45) is 0 Å². The molecule has 0 N–H and O–H groups in total. The maximum absolute atomic E-state index is 13.0. The van der Waals surface area contributed by atoms with Gasteiger partial charge in [0.2, 0.25) is 0 Å². The molecule has 0 aromatic heterocycles. The van der Waals surface area contributed by atoms with E-state index in [1.807, 2.05) is 0 Å². The highest BCUT2D eigenvalue weighted by Gasteiger charge is 2.19. The van der Waals surface area contributed by atoms with Crippen LogP contribution >= 0.6 is 0 Å². The zero-order valence-corrected chi connectivity index (χ0v) is 54.4. The molecule has 0 aromatic rings. The van der Waals surface area contributed by atoms with E-state index >= 15 is 0 Å².